The van der Waals surface area contributed by atoms with E-state index in [2.05, 4.69) is 32.6 Å². The van der Waals surface area contributed by atoms with Gasteiger partial charge in [-0.1, -0.05) is 6.92 Å². The van der Waals surface area contributed by atoms with Crippen molar-refractivity contribution in [2.24, 2.45) is 5.92 Å². The summed E-state index contributed by atoms with van der Waals surface area (Å²) < 4.78 is 3.07. The normalized spacial score (nSPS) is 17.8. The van der Waals surface area contributed by atoms with Gasteiger partial charge in [0.15, 0.2) is 5.82 Å². The minimum absolute atomic E-state index is 0.596. The second-order valence-electron chi connectivity index (χ2n) is 5.06. The van der Waals surface area contributed by atoms with Crippen LogP contribution < -0.4 is 10.6 Å². The number of aromatic nitrogens is 4. The van der Waals surface area contributed by atoms with Gasteiger partial charge in [-0.2, -0.15) is 5.10 Å². The minimum Gasteiger partial charge on any atom is -0.368 e. The zero-order valence-corrected chi connectivity index (χ0v) is 11.8. The van der Waals surface area contributed by atoms with Crippen molar-refractivity contribution in [1.29, 1.82) is 0 Å². The number of nitrogens with zero attached hydrogens (tertiary/aromatic N) is 4. The SMILES string of the molecule is C[C@@H]1CNc2c(Nc3ncnc4ccsc34)cnn2C1. The number of hydrogen-bond donors (Lipinski definition) is 2. The molecule has 0 fully saturated rings. The lowest BCUT2D eigenvalue weighted by atomic mass is 10.1. The smallest absolute Gasteiger partial charge is 0.151 e. The van der Waals surface area contributed by atoms with Gasteiger partial charge in [0.25, 0.3) is 0 Å². The Bertz CT molecular complexity index is 761. The highest BCUT2D eigenvalue weighted by atomic mass is 32.1. The van der Waals surface area contributed by atoms with E-state index in [-0.39, 0.29) is 0 Å². The maximum absolute atomic E-state index is 4.42. The van der Waals surface area contributed by atoms with E-state index in [4.69, 9.17) is 0 Å². The average molecular weight is 286 g/mol. The third kappa shape index (κ3) is 1.82. The van der Waals surface area contributed by atoms with Gasteiger partial charge in [-0.3, -0.25) is 0 Å². The first-order chi connectivity index (χ1) is 9.81. The first kappa shape index (κ1) is 11.7. The zero-order valence-electron chi connectivity index (χ0n) is 11.0. The molecule has 1 aliphatic rings. The molecule has 0 aromatic carbocycles. The van der Waals surface area contributed by atoms with Crippen molar-refractivity contribution in [1.82, 2.24) is 19.7 Å². The molecule has 1 atom stereocenters. The number of fused-ring (bicyclic) bond motifs is 2. The highest BCUT2D eigenvalue weighted by Gasteiger charge is 2.19. The standard InChI is InChI=1S/C13H14N6S/c1-8-4-14-13-10(5-17-19(13)6-8)18-12-11-9(2-3-20-11)15-7-16-12/h2-3,5,7-8,14H,4,6H2,1H3,(H,15,16,18)/t8-/m1/s1. The predicted octanol–water partition coefficient (Wildman–Crippen LogP) is 2.69. The molecule has 4 heterocycles. The van der Waals surface area contributed by atoms with Crippen LogP contribution >= 0.6 is 11.3 Å². The van der Waals surface area contributed by atoms with E-state index >= 15 is 0 Å². The molecule has 0 amide bonds. The number of anilines is 3. The molecule has 0 unspecified atom stereocenters. The van der Waals surface area contributed by atoms with E-state index < -0.39 is 0 Å². The number of rotatable bonds is 2. The lowest BCUT2D eigenvalue weighted by Crippen LogP contribution is -2.25. The summed E-state index contributed by atoms with van der Waals surface area (Å²) in [5.41, 5.74) is 1.93. The Labute approximate surface area is 119 Å². The molecule has 2 N–H and O–H groups in total. The second-order valence-corrected chi connectivity index (χ2v) is 5.97. The quantitative estimate of drug-likeness (QED) is 0.758. The van der Waals surface area contributed by atoms with Gasteiger partial charge in [-0.05, 0) is 17.4 Å². The van der Waals surface area contributed by atoms with Crippen LogP contribution in [-0.2, 0) is 6.54 Å². The third-order valence-corrected chi connectivity index (χ3v) is 4.35. The Morgan fingerprint density at radius 1 is 1.45 bits per heavy atom. The summed E-state index contributed by atoms with van der Waals surface area (Å²) in [6.45, 7) is 4.13. The Balaban J connectivity index is 1.71. The van der Waals surface area contributed by atoms with Gasteiger partial charge < -0.3 is 10.6 Å². The van der Waals surface area contributed by atoms with Crippen LogP contribution in [0, 0.1) is 5.92 Å². The Hall–Kier alpha value is -2.15. The fourth-order valence-electron chi connectivity index (χ4n) is 2.44. The van der Waals surface area contributed by atoms with Crippen molar-refractivity contribution >= 4 is 38.9 Å². The van der Waals surface area contributed by atoms with Crippen molar-refractivity contribution in [2.45, 2.75) is 13.5 Å². The molecule has 3 aromatic heterocycles. The fourth-order valence-corrected chi connectivity index (χ4v) is 3.23. The molecule has 0 saturated carbocycles. The van der Waals surface area contributed by atoms with Crippen LogP contribution in [0.5, 0.6) is 0 Å². The molecular formula is C13H14N6S. The molecule has 4 rings (SSSR count). The Morgan fingerprint density at radius 2 is 2.40 bits per heavy atom. The molecule has 0 bridgehead atoms. The largest absolute Gasteiger partial charge is 0.368 e. The van der Waals surface area contributed by atoms with Crippen LogP contribution in [0.15, 0.2) is 24.0 Å². The summed E-state index contributed by atoms with van der Waals surface area (Å²) in [6.07, 6.45) is 3.44. The Kier molecular flexibility index (Phi) is 2.59. The van der Waals surface area contributed by atoms with E-state index in [0.717, 1.165) is 40.6 Å². The average Bonchev–Trinajstić information content (AvgIpc) is 3.06. The van der Waals surface area contributed by atoms with Crippen LogP contribution in [0.3, 0.4) is 0 Å². The van der Waals surface area contributed by atoms with E-state index in [1.165, 1.54) is 0 Å². The monoisotopic (exact) mass is 286 g/mol. The van der Waals surface area contributed by atoms with Crippen molar-refractivity contribution in [3.8, 4) is 0 Å². The van der Waals surface area contributed by atoms with Crippen LogP contribution in [0.2, 0.25) is 0 Å². The topological polar surface area (TPSA) is 67.7 Å². The summed E-state index contributed by atoms with van der Waals surface area (Å²) in [6, 6.07) is 2.00. The van der Waals surface area contributed by atoms with Gasteiger partial charge in [0, 0.05) is 13.1 Å². The van der Waals surface area contributed by atoms with Crippen LogP contribution in [0.25, 0.3) is 10.2 Å². The van der Waals surface area contributed by atoms with Gasteiger partial charge >= 0.3 is 0 Å². The third-order valence-electron chi connectivity index (χ3n) is 3.44. The highest BCUT2D eigenvalue weighted by Crippen LogP contribution is 2.32. The van der Waals surface area contributed by atoms with Crippen LogP contribution in [0.4, 0.5) is 17.3 Å². The molecule has 0 spiro atoms. The highest BCUT2D eigenvalue weighted by molar-refractivity contribution is 7.17. The first-order valence-electron chi connectivity index (χ1n) is 6.56. The van der Waals surface area contributed by atoms with E-state index in [1.807, 2.05) is 22.3 Å². The number of nitrogens with one attached hydrogen (secondary N) is 2. The van der Waals surface area contributed by atoms with Crippen molar-refractivity contribution in [3.05, 3.63) is 24.0 Å². The minimum atomic E-state index is 0.596. The lowest BCUT2D eigenvalue weighted by Gasteiger charge is -2.22. The molecule has 3 aromatic rings. The molecular weight excluding hydrogens is 272 g/mol. The van der Waals surface area contributed by atoms with Gasteiger partial charge in [0.1, 0.15) is 17.8 Å². The second kappa shape index (κ2) is 4.45. The summed E-state index contributed by atoms with van der Waals surface area (Å²) in [7, 11) is 0. The van der Waals surface area contributed by atoms with Gasteiger partial charge in [0.05, 0.1) is 16.4 Å². The van der Waals surface area contributed by atoms with E-state index in [9.17, 15) is 0 Å². The van der Waals surface area contributed by atoms with Crippen LogP contribution in [-0.4, -0.2) is 26.3 Å². The zero-order chi connectivity index (χ0) is 13.5. The lowest BCUT2D eigenvalue weighted by molar-refractivity contribution is 0.445. The van der Waals surface area contributed by atoms with Crippen molar-refractivity contribution < 1.29 is 0 Å². The molecule has 0 saturated heterocycles. The first-order valence-corrected chi connectivity index (χ1v) is 7.44. The summed E-state index contributed by atoms with van der Waals surface area (Å²) in [5.74, 6) is 2.46. The van der Waals surface area contributed by atoms with Crippen molar-refractivity contribution in [2.75, 3.05) is 17.2 Å². The van der Waals surface area contributed by atoms with E-state index in [1.54, 1.807) is 17.7 Å². The van der Waals surface area contributed by atoms with Gasteiger partial charge in [0.2, 0.25) is 0 Å². The molecule has 7 heteroatoms. The predicted molar refractivity (Wildman–Crippen MR) is 80.6 cm³/mol. The number of thiophene rings is 1. The summed E-state index contributed by atoms with van der Waals surface area (Å²) >= 11 is 1.64. The fraction of sp³-hybridized carbons (Fsp3) is 0.308. The molecule has 102 valence electrons. The molecule has 6 nitrogen and oxygen atoms in total. The maximum atomic E-state index is 4.42. The van der Waals surface area contributed by atoms with Gasteiger partial charge in [-0.15, -0.1) is 11.3 Å². The van der Waals surface area contributed by atoms with E-state index in [0.29, 0.717) is 5.92 Å². The maximum Gasteiger partial charge on any atom is 0.151 e. The Morgan fingerprint density at radius 3 is 3.35 bits per heavy atom. The van der Waals surface area contributed by atoms with Crippen molar-refractivity contribution in [3.63, 3.8) is 0 Å². The molecule has 1 aliphatic heterocycles. The van der Waals surface area contributed by atoms with Gasteiger partial charge in [-0.25, -0.2) is 14.6 Å². The summed E-state index contributed by atoms with van der Waals surface area (Å²) in [5, 5.41) is 13.2. The summed E-state index contributed by atoms with van der Waals surface area (Å²) in [4.78, 5) is 8.59. The molecule has 0 aliphatic carbocycles. The number of hydrogen-bond acceptors (Lipinski definition) is 6. The molecule has 20 heavy (non-hydrogen) atoms. The molecule has 0 radical (unpaired) electrons. The van der Waals surface area contributed by atoms with Crippen LogP contribution in [0.1, 0.15) is 6.92 Å².